The highest BCUT2D eigenvalue weighted by Crippen LogP contribution is 2.17. The third-order valence-electron chi connectivity index (χ3n) is 2.64. The Kier molecular flexibility index (Phi) is 4.02. The summed E-state index contributed by atoms with van der Waals surface area (Å²) in [6.45, 7) is 4.04. The van der Waals surface area contributed by atoms with E-state index in [-0.39, 0.29) is 0 Å². The van der Waals surface area contributed by atoms with Crippen LogP contribution in [0.25, 0.3) is 0 Å². The van der Waals surface area contributed by atoms with Gasteiger partial charge in [0.1, 0.15) is 12.2 Å². The van der Waals surface area contributed by atoms with Gasteiger partial charge in [0.15, 0.2) is 0 Å². The van der Waals surface area contributed by atoms with Crippen LogP contribution in [0, 0.1) is 0 Å². The van der Waals surface area contributed by atoms with Crippen molar-refractivity contribution in [2.45, 2.75) is 38.9 Å². The molecule has 1 saturated heterocycles. The summed E-state index contributed by atoms with van der Waals surface area (Å²) in [5, 5.41) is 11.6. The first-order chi connectivity index (χ1) is 7.40. The summed E-state index contributed by atoms with van der Waals surface area (Å²) in [4.78, 5) is 0. The zero-order chi connectivity index (χ0) is 10.5. The van der Waals surface area contributed by atoms with Crippen molar-refractivity contribution in [1.29, 1.82) is 0 Å². The van der Waals surface area contributed by atoms with Crippen LogP contribution in [-0.2, 0) is 13.1 Å². The second-order valence-electron chi connectivity index (χ2n) is 3.88. The first-order valence-corrected chi connectivity index (χ1v) is 6.73. The fourth-order valence-corrected chi connectivity index (χ4v) is 2.96. The Morgan fingerprint density at radius 2 is 2.60 bits per heavy atom. The van der Waals surface area contributed by atoms with Crippen molar-refractivity contribution in [1.82, 2.24) is 20.1 Å². The van der Waals surface area contributed by atoms with Crippen molar-refractivity contribution in [2.75, 3.05) is 11.5 Å². The third kappa shape index (κ3) is 2.95. The normalized spacial score (nSPS) is 21.0. The fourth-order valence-electron chi connectivity index (χ4n) is 1.77. The van der Waals surface area contributed by atoms with Crippen molar-refractivity contribution in [3.63, 3.8) is 0 Å². The molecule has 0 bridgehead atoms. The average molecular weight is 226 g/mol. The molecule has 1 fully saturated rings. The third-order valence-corrected chi connectivity index (χ3v) is 3.80. The molecule has 1 aliphatic heterocycles. The predicted octanol–water partition coefficient (Wildman–Crippen LogP) is 1.28. The molecule has 15 heavy (non-hydrogen) atoms. The van der Waals surface area contributed by atoms with E-state index in [1.807, 2.05) is 18.1 Å². The molecule has 0 amide bonds. The van der Waals surface area contributed by atoms with Gasteiger partial charge in [-0.05, 0) is 18.6 Å². The molecular weight excluding hydrogens is 208 g/mol. The van der Waals surface area contributed by atoms with Crippen LogP contribution in [0.3, 0.4) is 0 Å². The van der Waals surface area contributed by atoms with Gasteiger partial charge in [-0.2, -0.15) is 11.8 Å². The van der Waals surface area contributed by atoms with E-state index in [2.05, 4.69) is 27.0 Å². The molecule has 1 unspecified atom stereocenters. The van der Waals surface area contributed by atoms with Crippen LogP contribution < -0.4 is 5.32 Å². The van der Waals surface area contributed by atoms with Gasteiger partial charge in [-0.1, -0.05) is 6.92 Å². The molecule has 84 valence electrons. The summed E-state index contributed by atoms with van der Waals surface area (Å²) in [6, 6.07) is 0.668. The van der Waals surface area contributed by atoms with Gasteiger partial charge < -0.3 is 9.88 Å². The zero-order valence-corrected chi connectivity index (χ0v) is 9.96. The fraction of sp³-hybridized carbons (Fsp3) is 0.800. The van der Waals surface area contributed by atoms with Crippen molar-refractivity contribution in [2.24, 2.45) is 0 Å². The van der Waals surface area contributed by atoms with Crippen molar-refractivity contribution in [3.05, 3.63) is 12.2 Å². The minimum Gasteiger partial charge on any atom is -0.317 e. The smallest absolute Gasteiger partial charge is 0.146 e. The molecule has 1 atom stereocenters. The van der Waals surface area contributed by atoms with Crippen LogP contribution in [0.4, 0.5) is 0 Å². The number of hydrogen-bond acceptors (Lipinski definition) is 4. The van der Waals surface area contributed by atoms with Gasteiger partial charge in [0.05, 0.1) is 6.54 Å². The molecule has 0 radical (unpaired) electrons. The Morgan fingerprint density at radius 1 is 1.67 bits per heavy atom. The van der Waals surface area contributed by atoms with Crippen molar-refractivity contribution in [3.8, 4) is 0 Å². The van der Waals surface area contributed by atoms with Crippen LogP contribution in [0.15, 0.2) is 6.33 Å². The van der Waals surface area contributed by atoms with E-state index in [0.29, 0.717) is 6.04 Å². The summed E-state index contributed by atoms with van der Waals surface area (Å²) in [5.41, 5.74) is 0. The second kappa shape index (κ2) is 5.51. The molecule has 1 aliphatic rings. The molecule has 0 aliphatic carbocycles. The lowest BCUT2D eigenvalue weighted by atomic mass is 10.2. The molecule has 0 aromatic carbocycles. The maximum absolute atomic E-state index is 4.14. The summed E-state index contributed by atoms with van der Waals surface area (Å²) >= 11 is 2.03. The van der Waals surface area contributed by atoms with E-state index in [9.17, 15) is 0 Å². The lowest BCUT2D eigenvalue weighted by Crippen LogP contribution is -2.29. The van der Waals surface area contributed by atoms with E-state index < -0.39 is 0 Å². The summed E-state index contributed by atoms with van der Waals surface area (Å²) in [7, 11) is 0. The zero-order valence-electron chi connectivity index (χ0n) is 9.15. The van der Waals surface area contributed by atoms with Crippen LogP contribution in [0.2, 0.25) is 0 Å². The first-order valence-electron chi connectivity index (χ1n) is 5.58. The lowest BCUT2D eigenvalue weighted by Gasteiger charge is -2.11. The molecule has 4 nitrogen and oxygen atoms in total. The molecule has 0 saturated carbocycles. The van der Waals surface area contributed by atoms with Gasteiger partial charge in [-0.25, -0.2) is 0 Å². The number of nitrogens with one attached hydrogen (secondary N) is 1. The molecule has 2 rings (SSSR count). The van der Waals surface area contributed by atoms with E-state index in [1.165, 1.54) is 17.9 Å². The first kappa shape index (κ1) is 11.0. The van der Waals surface area contributed by atoms with Crippen LogP contribution in [0.5, 0.6) is 0 Å². The Labute approximate surface area is 94.8 Å². The Bertz CT molecular complexity index is 293. The van der Waals surface area contributed by atoms with E-state index in [1.54, 1.807) is 0 Å². The quantitative estimate of drug-likeness (QED) is 0.821. The molecule has 0 spiro atoms. The largest absolute Gasteiger partial charge is 0.317 e. The predicted molar refractivity (Wildman–Crippen MR) is 62.9 cm³/mol. The molecule has 1 aromatic rings. The van der Waals surface area contributed by atoms with Gasteiger partial charge in [0, 0.05) is 18.3 Å². The monoisotopic (exact) mass is 226 g/mol. The van der Waals surface area contributed by atoms with Crippen LogP contribution in [-0.4, -0.2) is 32.3 Å². The number of aryl methyl sites for hydroxylation is 1. The minimum absolute atomic E-state index is 0.668. The Balaban J connectivity index is 1.83. The molecule has 5 heteroatoms. The number of thioether (sulfide) groups is 1. The number of hydrogen-bond donors (Lipinski definition) is 1. The van der Waals surface area contributed by atoms with Gasteiger partial charge in [-0.15, -0.1) is 10.2 Å². The maximum atomic E-state index is 4.14. The molecular formula is C10H18N4S. The number of nitrogens with zero attached hydrogens (tertiary/aromatic N) is 3. The van der Waals surface area contributed by atoms with Gasteiger partial charge in [-0.3, -0.25) is 0 Å². The van der Waals surface area contributed by atoms with Crippen molar-refractivity contribution < 1.29 is 0 Å². The Hall–Kier alpha value is -0.550. The summed E-state index contributed by atoms with van der Waals surface area (Å²) < 4.78 is 2.13. The van der Waals surface area contributed by atoms with E-state index in [0.717, 1.165) is 25.3 Å². The average Bonchev–Trinajstić information content (AvgIpc) is 2.85. The van der Waals surface area contributed by atoms with Gasteiger partial charge in [0.2, 0.25) is 0 Å². The van der Waals surface area contributed by atoms with Gasteiger partial charge >= 0.3 is 0 Å². The van der Waals surface area contributed by atoms with Crippen LogP contribution in [0.1, 0.15) is 25.6 Å². The summed E-state index contributed by atoms with van der Waals surface area (Å²) in [6.07, 6.45) is 4.24. The molecule has 1 N–H and O–H groups in total. The second-order valence-corrected chi connectivity index (χ2v) is 5.03. The van der Waals surface area contributed by atoms with Crippen LogP contribution >= 0.6 is 11.8 Å². The highest BCUT2D eigenvalue weighted by molar-refractivity contribution is 7.99. The minimum atomic E-state index is 0.668. The highest BCUT2D eigenvalue weighted by atomic mass is 32.2. The Morgan fingerprint density at radius 3 is 3.33 bits per heavy atom. The van der Waals surface area contributed by atoms with E-state index in [4.69, 9.17) is 0 Å². The van der Waals surface area contributed by atoms with E-state index >= 15 is 0 Å². The standard InChI is InChI=1S/C10H18N4S/c1-2-4-14-8-12-13-10(14)6-11-9-3-5-15-7-9/h8-9,11H,2-7H2,1H3. The number of aromatic nitrogens is 3. The van der Waals surface area contributed by atoms with Gasteiger partial charge in [0.25, 0.3) is 0 Å². The topological polar surface area (TPSA) is 42.7 Å². The maximum Gasteiger partial charge on any atom is 0.146 e. The van der Waals surface area contributed by atoms with Crippen molar-refractivity contribution >= 4 is 11.8 Å². The molecule has 2 heterocycles. The highest BCUT2D eigenvalue weighted by Gasteiger charge is 2.15. The SMILES string of the molecule is CCCn1cnnc1CNC1CCSC1. The summed E-state index contributed by atoms with van der Waals surface area (Å²) in [5.74, 6) is 3.59. The number of rotatable bonds is 5. The lowest BCUT2D eigenvalue weighted by molar-refractivity contribution is 0.522. The molecule has 1 aromatic heterocycles.